The molecule has 0 aromatic carbocycles. The maximum absolute atomic E-state index is 12.4. The van der Waals surface area contributed by atoms with E-state index < -0.39 is 10.0 Å². The molecular weight excluding hydrogens is 302 g/mol. The van der Waals surface area contributed by atoms with Crippen molar-refractivity contribution in [3.63, 3.8) is 0 Å². The van der Waals surface area contributed by atoms with Gasteiger partial charge in [0.1, 0.15) is 11.6 Å². The predicted octanol–water partition coefficient (Wildman–Crippen LogP) is 0.794. The molecule has 7 nitrogen and oxygen atoms in total. The molecule has 1 unspecified atom stereocenters. The zero-order chi connectivity index (χ0) is 16.5. The standard InChI is InChI=1S/C14H27N5O2S/c1-11(2)22(20,21)19-8-6-7-12(9-19)14-16-15-13(18(14)5)10-17(3)4/h11-12H,6-10H2,1-5H3. The number of sulfonamides is 1. The number of hydrogen-bond donors (Lipinski definition) is 0. The Morgan fingerprint density at radius 3 is 2.59 bits per heavy atom. The summed E-state index contributed by atoms with van der Waals surface area (Å²) in [6.07, 6.45) is 1.82. The van der Waals surface area contributed by atoms with Gasteiger partial charge in [0.05, 0.1) is 11.8 Å². The van der Waals surface area contributed by atoms with Crippen LogP contribution in [0.1, 0.15) is 44.3 Å². The topological polar surface area (TPSA) is 71.3 Å². The Bertz CT molecular complexity index is 609. The number of nitrogens with zero attached hydrogens (tertiary/aromatic N) is 5. The fraction of sp³-hybridized carbons (Fsp3) is 0.857. The third-order valence-electron chi connectivity index (χ3n) is 4.16. The molecular formula is C14H27N5O2S. The summed E-state index contributed by atoms with van der Waals surface area (Å²) in [4.78, 5) is 2.05. The molecule has 1 aromatic heterocycles. The van der Waals surface area contributed by atoms with Crippen LogP contribution in [0.4, 0.5) is 0 Å². The minimum atomic E-state index is -3.20. The van der Waals surface area contributed by atoms with E-state index in [1.807, 2.05) is 30.6 Å². The molecule has 2 rings (SSSR count). The van der Waals surface area contributed by atoms with Gasteiger partial charge in [-0.05, 0) is 40.8 Å². The average Bonchev–Trinajstić information content (AvgIpc) is 2.79. The predicted molar refractivity (Wildman–Crippen MR) is 86.0 cm³/mol. The Morgan fingerprint density at radius 1 is 1.32 bits per heavy atom. The molecule has 22 heavy (non-hydrogen) atoms. The van der Waals surface area contributed by atoms with Crippen LogP contribution < -0.4 is 0 Å². The van der Waals surface area contributed by atoms with Crippen LogP contribution in [0.15, 0.2) is 0 Å². The van der Waals surface area contributed by atoms with Crippen molar-refractivity contribution in [2.75, 3.05) is 27.2 Å². The van der Waals surface area contributed by atoms with E-state index in [0.29, 0.717) is 13.1 Å². The molecule has 0 spiro atoms. The van der Waals surface area contributed by atoms with Crippen LogP contribution >= 0.6 is 0 Å². The normalized spacial score (nSPS) is 21.0. The first-order chi connectivity index (χ1) is 10.2. The van der Waals surface area contributed by atoms with Gasteiger partial charge in [-0.1, -0.05) is 0 Å². The molecule has 126 valence electrons. The first kappa shape index (κ1) is 17.4. The van der Waals surface area contributed by atoms with E-state index in [4.69, 9.17) is 0 Å². The number of piperidine rings is 1. The Hall–Kier alpha value is -0.990. The quantitative estimate of drug-likeness (QED) is 0.799. The lowest BCUT2D eigenvalue weighted by Crippen LogP contribution is -2.42. The molecule has 2 heterocycles. The second kappa shape index (κ2) is 6.64. The molecule has 0 bridgehead atoms. The largest absolute Gasteiger partial charge is 0.317 e. The van der Waals surface area contributed by atoms with Crippen LogP contribution in [-0.4, -0.2) is 64.8 Å². The summed E-state index contributed by atoms with van der Waals surface area (Å²) >= 11 is 0. The lowest BCUT2D eigenvalue weighted by atomic mass is 9.99. The van der Waals surface area contributed by atoms with Gasteiger partial charge in [0, 0.05) is 26.1 Å². The highest BCUT2D eigenvalue weighted by molar-refractivity contribution is 7.89. The maximum Gasteiger partial charge on any atom is 0.216 e. The Balaban J connectivity index is 2.18. The van der Waals surface area contributed by atoms with Crippen molar-refractivity contribution in [1.29, 1.82) is 0 Å². The van der Waals surface area contributed by atoms with E-state index in [2.05, 4.69) is 10.2 Å². The first-order valence-electron chi connectivity index (χ1n) is 7.75. The van der Waals surface area contributed by atoms with Gasteiger partial charge >= 0.3 is 0 Å². The molecule has 0 aliphatic carbocycles. The molecule has 0 saturated carbocycles. The van der Waals surface area contributed by atoms with E-state index in [9.17, 15) is 8.42 Å². The molecule has 8 heteroatoms. The highest BCUT2D eigenvalue weighted by Gasteiger charge is 2.33. The Morgan fingerprint density at radius 2 is 2.00 bits per heavy atom. The maximum atomic E-state index is 12.4. The van der Waals surface area contributed by atoms with Gasteiger partial charge in [0.15, 0.2) is 0 Å². The molecule has 1 saturated heterocycles. The summed E-state index contributed by atoms with van der Waals surface area (Å²) in [5.74, 6) is 1.92. The molecule has 1 aliphatic heterocycles. The minimum absolute atomic E-state index is 0.121. The van der Waals surface area contributed by atoms with Crippen molar-refractivity contribution < 1.29 is 8.42 Å². The highest BCUT2D eigenvalue weighted by Crippen LogP contribution is 2.28. The first-order valence-corrected chi connectivity index (χ1v) is 9.25. The van der Waals surface area contributed by atoms with Crippen LogP contribution in [0.25, 0.3) is 0 Å². The number of aromatic nitrogens is 3. The van der Waals surface area contributed by atoms with E-state index in [0.717, 1.165) is 31.0 Å². The van der Waals surface area contributed by atoms with Crippen LogP contribution in [0, 0.1) is 0 Å². The summed E-state index contributed by atoms with van der Waals surface area (Å²) in [5.41, 5.74) is 0. The molecule has 0 radical (unpaired) electrons. The zero-order valence-corrected chi connectivity index (χ0v) is 15.0. The fourth-order valence-corrected chi connectivity index (χ4v) is 4.20. The van der Waals surface area contributed by atoms with E-state index >= 15 is 0 Å². The Kier molecular flexibility index (Phi) is 5.24. The summed E-state index contributed by atoms with van der Waals surface area (Å²) in [5, 5.41) is 8.20. The summed E-state index contributed by atoms with van der Waals surface area (Å²) < 4.78 is 28.4. The minimum Gasteiger partial charge on any atom is -0.317 e. The Labute approximate surface area is 133 Å². The van der Waals surface area contributed by atoms with Gasteiger partial charge < -0.3 is 9.47 Å². The second-order valence-corrected chi connectivity index (χ2v) is 9.05. The number of hydrogen-bond acceptors (Lipinski definition) is 5. The highest BCUT2D eigenvalue weighted by atomic mass is 32.2. The van der Waals surface area contributed by atoms with Gasteiger partial charge in [-0.25, -0.2) is 12.7 Å². The van der Waals surface area contributed by atoms with Crippen molar-refractivity contribution in [2.24, 2.45) is 7.05 Å². The van der Waals surface area contributed by atoms with Crippen molar-refractivity contribution in [3.8, 4) is 0 Å². The molecule has 1 aromatic rings. The molecule has 0 amide bonds. The number of rotatable bonds is 5. The lowest BCUT2D eigenvalue weighted by molar-refractivity contribution is 0.303. The van der Waals surface area contributed by atoms with Gasteiger partial charge in [-0.2, -0.15) is 0 Å². The summed E-state index contributed by atoms with van der Waals surface area (Å²) in [6.45, 7) is 5.31. The van der Waals surface area contributed by atoms with Crippen molar-refractivity contribution in [1.82, 2.24) is 24.0 Å². The van der Waals surface area contributed by atoms with Crippen LogP contribution in [0.3, 0.4) is 0 Å². The van der Waals surface area contributed by atoms with Gasteiger partial charge in [0.2, 0.25) is 10.0 Å². The SMILES string of the molecule is CC(C)S(=O)(=O)N1CCCC(c2nnc(CN(C)C)n2C)C1. The van der Waals surface area contributed by atoms with Crippen LogP contribution in [0.5, 0.6) is 0 Å². The van der Waals surface area contributed by atoms with Crippen molar-refractivity contribution in [2.45, 2.75) is 44.4 Å². The molecule has 1 atom stereocenters. The van der Waals surface area contributed by atoms with Gasteiger partial charge in [0.25, 0.3) is 0 Å². The molecule has 0 N–H and O–H groups in total. The van der Waals surface area contributed by atoms with Crippen LogP contribution in [0.2, 0.25) is 0 Å². The molecule has 1 aliphatic rings. The third kappa shape index (κ3) is 3.49. The summed E-state index contributed by atoms with van der Waals surface area (Å²) in [6, 6.07) is 0. The monoisotopic (exact) mass is 329 g/mol. The van der Waals surface area contributed by atoms with E-state index in [-0.39, 0.29) is 11.2 Å². The average molecular weight is 329 g/mol. The van der Waals surface area contributed by atoms with Gasteiger partial charge in [-0.15, -0.1) is 10.2 Å². The van der Waals surface area contributed by atoms with Gasteiger partial charge in [-0.3, -0.25) is 0 Å². The third-order valence-corrected chi connectivity index (χ3v) is 6.40. The van der Waals surface area contributed by atoms with E-state index in [1.54, 1.807) is 18.2 Å². The summed E-state index contributed by atoms with van der Waals surface area (Å²) in [7, 11) is 2.75. The molecule has 1 fully saturated rings. The van der Waals surface area contributed by atoms with Crippen LogP contribution in [-0.2, 0) is 23.6 Å². The van der Waals surface area contributed by atoms with E-state index in [1.165, 1.54) is 0 Å². The second-order valence-electron chi connectivity index (χ2n) is 6.56. The lowest BCUT2D eigenvalue weighted by Gasteiger charge is -2.32. The fourth-order valence-electron chi connectivity index (χ4n) is 2.83. The smallest absolute Gasteiger partial charge is 0.216 e. The zero-order valence-electron chi connectivity index (χ0n) is 14.2. The van der Waals surface area contributed by atoms with Crippen molar-refractivity contribution >= 4 is 10.0 Å². The van der Waals surface area contributed by atoms with Crippen molar-refractivity contribution in [3.05, 3.63) is 11.6 Å².